The standard InChI is InChI=1S/C21H23N3O4S2/c1-27-15-5-2-4-14(10-15)12-24-20(26)19-17(7-9-29-19)23-21(24)30-13-18(25)22-11-16-6-3-8-28-16/h2,4-5,7,9-10,16H,3,6,8,11-13H2,1H3,(H,22,25)/t16-/m1/s1. The van der Waals surface area contributed by atoms with Gasteiger partial charge in [-0.2, -0.15) is 0 Å². The third-order valence-electron chi connectivity index (χ3n) is 4.89. The Morgan fingerprint density at radius 2 is 2.33 bits per heavy atom. The van der Waals surface area contributed by atoms with Crippen LogP contribution in [0.25, 0.3) is 10.2 Å². The zero-order valence-electron chi connectivity index (χ0n) is 16.6. The van der Waals surface area contributed by atoms with Crippen LogP contribution in [0.15, 0.2) is 45.7 Å². The maximum absolute atomic E-state index is 13.1. The molecule has 0 saturated carbocycles. The summed E-state index contributed by atoms with van der Waals surface area (Å²) in [7, 11) is 1.61. The number of hydrogen-bond acceptors (Lipinski definition) is 7. The van der Waals surface area contributed by atoms with Crippen LogP contribution in [0.4, 0.5) is 0 Å². The number of fused-ring (bicyclic) bond motifs is 1. The second-order valence-corrected chi connectivity index (χ2v) is 8.86. The van der Waals surface area contributed by atoms with Crippen LogP contribution < -0.4 is 15.6 Å². The zero-order chi connectivity index (χ0) is 20.9. The van der Waals surface area contributed by atoms with Crippen LogP contribution in [0.3, 0.4) is 0 Å². The molecule has 0 aliphatic carbocycles. The summed E-state index contributed by atoms with van der Waals surface area (Å²) in [4.78, 5) is 30.0. The second-order valence-electron chi connectivity index (χ2n) is 7.00. The van der Waals surface area contributed by atoms with Crippen molar-refractivity contribution < 1.29 is 14.3 Å². The first-order valence-corrected chi connectivity index (χ1v) is 11.6. The number of rotatable bonds is 8. The highest BCUT2D eigenvalue weighted by Gasteiger charge is 2.18. The summed E-state index contributed by atoms with van der Waals surface area (Å²) in [6.45, 7) is 1.64. The molecule has 3 heterocycles. The summed E-state index contributed by atoms with van der Waals surface area (Å²) in [5, 5.41) is 5.30. The van der Waals surface area contributed by atoms with E-state index in [4.69, 9.17) is 9.47 Å². The first-order valence-electron chi connectivity index (χ1n) is 9.76. The highest BCUT2D eigenvalue weighted by molar-refractivity contribution is 7.99. The lowest BCUT2D eigenvalue weighted by Crippen LogP contribution is -2.33. The lowest BCUT2D eigenvalue weighted by Gasteiger charge is -2.13. The average molecular weight is 446 g/mol. The Labute approximate surface area is 182 Å². The van der Waals surface area contributed by atoms with Gasteiger partial charge >= 0.3 is 0 Å². The topological polar surface area (TPSA) is 82.4 Å². The van der Waals surface area contributed by atoms with Crippen molar-refractivity contribution in [3.05, 3.63) is 51.6 Å². The molecule has 0 radical (unpaired) electrons. The van der Waals surface area contributed by atoms with E-state index in [1.807, 2.05) is 35.7 Å². The van der Waals surface area contributed by atoms with Gasteiger partial charge in [0.2, 0.25) is 5.91 Å². The van der Waals surface area contributed by atoms with Gasteiger partial charge in [-0.15, -0.1) is 11.3 Å². The third-order valence-corrected chi connectivity index (χ3v) is 6.76. The third kappa shape index (κ3) is 4.85. The number of nitrogens with one attached hydrogen (secondary N) is 1. The summed E-state index contributed by atoms with van der Waals surface area (Å²) in [5.41, 5.74) is 1.49. The van der Waals surface area contributed by atoms with E-state index in [0.29, 0.717) is 28.5 Å². The van der Waals surface area contributed by atoms with E-state index >= 15 is 0 Å². The number of carbonyl (C=O) groups excluding carboxylic acids is 1. The van der Waals surface area contributed by atoms with Gasteiger partial charge in [0.05, 0.1) is 31.0 Å². The highest BCUT2D eigenvalue weighted by Crippen LogP contribution is 2.22. The molecule has 3 aromatic rings. The van der Waals surface area contributed by atoms with Gasteiger partial charge in [-0.05, 0) is 42.0 Å². The summed E-state index contributed by atoms with van der Waals surface area (Å²) >= 11 is 2.65. The van der Waals surface area contributed by atoms with Crippen LogP contribution >= 0.6 is 23.1 Å². The maximum Gasteiger partial charge on any atom is 0.272 e. The highest BCUT2D eigenvalue weighted by atomic mass is 32.2. The van der Waals surface area contributed by atoms with Crippen molar-refractivity contribution >= 4 is 39.2 Å². The number of carbonyl (C=O) groups is 1. The Kier molecular flexibility index (Phi) is 6.71. The monoisotopic (exact) mass is 445 g/mol. The Hall–Kier alpha value is -2.36. The van der Waals surface area contributed by atoms with E-state index in [2.05, 4.69) is 10.3 Å². The Morgan fingerprint density at radius 1 is 1.43 bits per heavy atom. The number of aromatic nitrogens is 2. The number of hydrogen-bond donors (Lipinski definition) is 1. The fourth-order valence-electron chi connectivity index (χ4n) is 3.34. The summed E-state index contributed by atoms with van der Waals surface area (Å²) in [6, 6.07) is 9.42. The molecule has 4 rings (SSSR count). The van der Waals surface area contributed by atoms with E-state index in [1.54, 1.807) is 11.7 Å². The normalized spacial score (nSPS) is 16.1. The minimum absolute atomic E-state index is 0.0944. The van der Waals surface area contributed by atoms with E-state index in [9.17, 15) is 9.59 Å². The molecule has 1 aliphatic heterocycles. The van der Waals surface area contributed by atoms with Crippen molar-refractivity contribution in [1.29, 1.82) is 0 Å². The maximum atomic E-state index is 13.1. The molecule has 30 heavy (non-hydrogen) atoms. The summed E-state index contributed by atoms with van der Waals surface area (Å²) in [5.74, 6) is 0.823. The van der Waals surface area contributed by atoms with Gasteiger partial charge in [0.1, 0.15) is 10.4 Å². The largest absolute Gasteiger partial charge is 0.497 e. The first kappa shape index (κ1) is 20.9. The molecule has 1 saturated heterocycles. The smallest absolute Gasteiger partial charge is 0.272 e. The minimum atomic E-state index is -0.0971. The predicted molar refractivity (Wildman–Crippen MR) is 119 cm³/mol. The quantitative estimate of drug-likeness (QED) is 0.424. The molecule has 1 atom stereocenters. The predicted octanol–water partition coefficient (Wildman–Crippen LogP) is 2.90. The van der Waals surface area contributed by atoms with Crippen molar-refractivity contribution in [2.45, 2.75) is 30.6 Å². The summed E-state index contributed by atoms with van der Waals surface area (Å²) in [6.07, 6.45) is 2.12. The van der Waals surface area contributed by atoms with Crippen molar-refractivity contribution in [2.24, 2.45) is 0 Å². The van der Waals surface area contributed by atoms with E-state index in [1.165, 1.54) is 23.1 Å². The molecule has 1 N–H and O–H groups in total. The van der Waals surface area contributed by atoms with Crippen LogP contribution in [0, 0.1) is 0 Å². The van der Waals surface area contributed by atoms with Gasteiger partial charge in [-0.3, -0.25) is 14.2 Å². The molecule has 0 unspecified atom stereocenters. The fraction of sp³-hybridized carbons (Fsp3) is 0.381. The molecule has 0 bridgehead atoms. The van der Waals surface area contributed by atoms with Gasteiger partial charge in [-0.25, -0.2) is 4.98 Å². The van der Waals surface area contributed by atoms with Crippen LogP contribution in [0.2, 0.25) is 0 Å². The molecule has 1 aromatic carbocycles. The Bertz CT molecular complexity index is 1090. The van der Waals surface area contributed by atoms with Crippen LogP contribution in [0.5, 0.6) is 5.75 Å². The van der Waals surface area contributed by atoms with Crippen molar-refractivity contribution in [3.8, 4) is 5.75 Å². The molecular formula is C21H23N3O4S2. The van der Waals surface area contributed by atoms with Gasteiger partial charge < -0.3 is 14.8 Å². The zero-order valence-corrected chi connectivity index (χ0v) is 18.3. The van der Waals surface area contributed by atoms with Crippen LogP contribution in [-0.2, 0) is 16.1 Å². The molecule has 1 fully saturated rings. The average Bonchev–Trinajstić information content (AvgIpc) is 3.45. The molecule has 2 aromatic heterocycles. The van der Waals surface area contributed by atoms with Crippen molar-refractivity contribution in [3.63, 3.8) is 0 Å². The van der Waals surface area contributed by atoms with Crippen molar-refractivity contribution in [1.82, 2.24) is 14.9 Å². The Morgan fingerprint density at radius 3 is 3.13 bits per heavy atom. The van der Waals surface area contributed by atoms with Gasteiger partial charge in [0.25, 0.3) is 5.56 Å². The van der Waals surface area contributed by atoms with Gasteiger partial charge in [-0.1, -0.05) is 23.9 Å². The lowest BCUT2D eigenvalue weighted by atomic mass is 10.2. The molecule has 1 aliphatic rings. The number of benzene rings is 1. The van der Waals surface area contributed by atoms with Crippen molar-refractivity contribution in [2.75, 3.05) is 26.0 Å². The fourth-order valence-corrected chi connectivity index (χ4v) is 4.95. The number of amides is 1. The van der Waals surface area contributed by atoms with Crippen LogP contribution in [-0.4, -0.2) is 47.6 Å². The van der Waals surface area contributed by atoms with E-state index in [0.717, 1.165) is 30.8 Å². The molecule has 158 valence electrons. The SMILES string of the molecule is COc1cccc(Cn2c(SCC(=O)NC[C@H]3CCCO3)nc3ccsc3c2=O)c1. The first-order chi connectivity index (χ1) is 14.6. The molecule has 0 spiro atoms. The van der Waals surface area contributed by atoms with Gasteiger partial charge in [0, 0.05) is 13.2 Å². The number of thioether (sulfide) groups is 1. The molecular weight excluding hydrogens is 422 g/mol. The number of ether oxygens (including phenoxy) is 2. The van der Waals surface area contributed by atoms with E-state index < -0.39 is 0 Å². The molecule has 1 amide bonds. The Balaban J connectivity index is 1.52. The van der Waals surface area contributed by atoms with E-state index in [-0.39, 0.29) is 23.3 Å². The molecule has 9 heteroatoms. The van der Waals surface area contributed by atoms with Crippen LogP contribution in [0.1, 0.15) is 18.4 Å². The summed E-state index contributed by atoms with van der Waals surface area (Å²) < 4.78 is 13.1. The lowest BCUT2D eigenvalue weighted by molar-refractivity contribution is -0.119. The number of methoxy groups -OCH3 is 1. The number of thiophene rings is 1. The number of nitrogens with zero attached hydrogens (tertiary/aromatic N) is 2. The second kappa shape index (κ2) is 9.63. The molecule has 7 nitrogen and oxygen atoms in total. The minimum Gasteiger partial charge on any atom is -0.497 e. The van der Waals surface area contributed by atoms with Gasteiger partial charge in [0.15, 0.2) is 5.16 Å².